The van der Waals surface area contributed by atoms with Gasteiger partial charge < -0.3 is 14.8 Å². The number of rotatable bonds is 10. The molecule has 0 aromatic carbocycles. The predicted octanol–water partition coefficient (Wildman–Crippen LogP) is 6.09. The zero-order valence-corrected chi connectivity index (χ0v) is 21.9. The van der Waals surface area contributed by atoms with Crippen LogP contribution in [0.15, 0.2) is 0 Å². The lowest BCUT2D eigenvalue weighted by Gasteiger charge is -2.31. The molecule has 1 atom stereocenters. The Morgan fingerprint density at radius 2 is 1.25 bits per heavy atom. The largest absolute Gasteiger partial charge is 0.379 e. The first kappa shape index (κ1) is 29.1. The third-order valence-electron chi connectivity index (χ3n) is 6.93. The van der Waals surface area contributed by atoms with Crippen molar-refractivity contribution in [2.75, 3.05) is 33.0 Å². The lowest BCUT2D eigenvalue weighted by atomic mass is 9.76. The molecule has 1 fully saturated rings. The average Bonchev–Trinajstić information content (AvgIpc) is 2.70. The molecule has 32 heavy (non-hydrogen) atoms. The summed E-state index contributed by atoms with van der Waals surface area (Å²) in [7, 11) is 0. The molecule has 1 saturated carbocycles. The van der Waals surface area contributed by atoms with Crippen molar-refractivity contribution in [3.05, 3.63) is 0 Å². The van der Waals surface area contributed by atoms with Crippen LogP contribution in [-0.2, 0) is 19.1 Å². The van der Waals surface area contributed by atoms with E-state index in [2.05, 4.69) is 26.1 Å². The number of carbonyl (C=O) groups excluding carboxylic acids is 2. The molecule has 5 nitrogen and oxygen atoms in total. The van der Waals surface area contributed by atoms with E-state index in [1.54, 1.807) is 0 Å². The predicted molar refractivity (Wildman–Crippen MR) is 132 cm³/mol. The zero-order valence-electron chi connectivity index (χ0n) is 21.9. The molecule has 0 bridgehead atoms. The van der Waals surface area contributed by atoms with Gasteiger partial charge in [0.25, 0.3) is 0 Å². The molecule has 1 N–H and O–H groups in total. The van der Waals surface area contributed by atoms with Gasteiger partial charge in [-0.3, -0.25) is 9.59 Å². The first-order chi connectivity index (χ1) is 15.0. The van der Waals surface area contributed by atoms with Crippen LogP contribution >= 0.6 is 0 Å². The highest BCUT2D eigenvalue weighted by atomic mass is 16.5. The summed E-state index contributed by atoms with van der Waals surface area (Å²) in [6.07, 6.45) is 12.2. The SMILES string of the molecule is CC1(C)CCCCCCC(C)(C(=O)NCCOCCOCCC(=O)C(C)(C)C)CCCC1. The molecule has 1 rings (SSSR count). The molecule has 1 unspecified atom stereocenters. The van der Waals surface area contributed by atoms with Gasteiger partial charge in [-0.15, -0.1) is 0 Å². The van der Waals surface area contributed by atoms with Crippen molar-refractivity contribution in [2.45, 2.75) is 112 Å². The number of ketones is 1. The fraction of sp³-hybridized carbons (Fsp3) is 0.926. The second-order valence-electron chi connectivity index (χ2n) is 11.8. The number of ether oxygens (including phenoxy) is 2. The van der Waals surface area contributed by atoms with Gasteiger partial charge in [0.05, 0.1) is 26.4 Å². The van der Waals surface area contributed by atoms with Crippen LogP contribution in [0.4, 0.5) is 0 Å². The molecule has 1 aliphatic carbocycles. The van der Waals surface area contributed by atoms with E-state index in [1.165, 1.54) is 38.5 Å². The molecule has 1 amide bonds. The van der Waals surface area contributed by atoms with Gasteiger partial charge >= 0.3 is 0 Å². The molecule has 0 heterocycles. The second kappa shape index (κ2) is 14.3. The van der Waals surface area contributed by atoms with Crippen LogP contribution in [0.3, 0.4) is 0 Å². The Labute approximate surface area is 197 Å². The summed E-state index contributed by atoms with van der Waals surface area (Å²) < 4.78 is 11.1. The Balaban J connectivity index is 2.24. The van der Waals surface area contributed by atoms with Gasteiger partial charge in [-0.05, 0) is 31.1 Å². The Bertz CT molecular complexity index is 552. The number of amides is 1. The Hall–Kier alpha value is -0.940. The van der Waals surface area contributed by atoms with Crippen LogP contribution in [-0.4, -0.2) is 44.7 Å². The van der Waals surface area contributed by atoms with Crippen LogP contribution in [0.5, 0.6) is 0 Å². The normalized spacial score (nSPS) is 23.1. The van der Waals surface area contributed by atoms with Crippen molar-refractivity contribution < 1.29 is 19.1 Å². The van der Waals surface area contributed by atoms with E-state index in [-0.39, 0.29) is 22.5 Å². The van der Waals surface area contributed by atoms with Gasteiger partial charge in [-0.25, -0.2) is 0 Å². The Morgan fingerprint density at radius 3 is 1.84 bits per heavy atom. The van der Waals surface area contributed by atoms with E-state index in [9.17, 15) is 9.59 Å². The quantitative estimate of drug-likeness (QED) is 0.407. The molecule has 0 saturated heterocycles. The third-order valence-corrected chi connectivity index (χ3v) is 6.93. The van der Waals surface area contributed by atoms with E-state index in [0.717, 1.165) is 25.7 Å². The van der Waals surface area contributed by atoms with E-state index in [0.29, 0.717) is 44.8 Å². The summed E-state index contributed by atoms with van der Waals surface area (Å²) in [6, 6.07) is 0. The molecule has 0 aromatic rings. The first-order valence-corrected chi connectivity index (χ1v) is 12.9. The molecular formula is C27H51NO4. The van der Waals surface area contributed by atoms with Gasteiger partial charge in [0.1, 0.15) is 5.78 Å². The summed E-state index contributed by atoms with van der Waals surface area (Å²) in [5, 5.41) is 3.11. The van der Waals surface area contributed by atoms with E-state index < -0.39 is 0 Å². The Kier molecular flexibility index (Phi) is 13.0. The topological polar surface area (TPSA) is 64.6 Å². The molecule has 5 heteroatoms. The highest BCUT2D eigenvalue weighted by Crippen LogP contribution is 2.36. The highest BCUT2D eigenvalue weighted by molar-refractivity contribution is 5.83. The smallest absolute Gasteiger partial charge is 0.226 e. The molecule has 188 valence electrons. The number of hydrogen-bond donors (Lipinski definition) is 1. The van der Waals surface area contributed by atoms with Crippen molar-refractivity contribution in [3.8, 4) is 0 Å². The van der Waals surface area contributed by atoms with Gasteiger partial charge in [0.15, 0.2) is 0 Å². The van der Waals surface area contributed by atoms with Crippen LogP contribution in [0.1, 0.15) is 112 Å². The van der Waals surface area contributed by atoms with Crippen molar-refractivity contribution >= 4 is 11.7 Å². The fourth-order valence-electron chi connectivity index (χ4n) is 4.38. The summed E-state index contributed by atoms with van der Waals surface area (Å²) in [6.45, 7) is 15.1. The molecular weight excluding hydrogens is 402 g/mol. The van der Waals surface area contributed by atoms with E-state index in [4.69, 9.17) is 9.47 Å². The third kappa shape index (κ3) is 12.3. The number of Topliss-reactive ketones (excluding diaryl/α,β-unsaturated/α-hetero) is 1. The van der Waals surface area contributed by atoms with E-state index in [1.807, 2.05) is 20.8 Å². The maximum absolute atomic E-state index is 13.0. The minimum Gasteiger partial charge on any atom is -0.379 e. The van der Waals surface area contributed by atoms with E-state index >= 15 is 0 Å². The van der Waals surface area contributed by atoms with Crippen molar-refractivity contribution in [1.29, 1.82) is 0 Å². The molecule has 0 aromatic heterocycles. The van der Waals surface area contributed by atoms with Gasteiger partial charge in [-0.2, -0.15) is 0 Å². The standard InChI is InChI=1S/C27H51NO4/c1-25(2,3)23(29)13-19-31-21-22-32-20-18-28-24(30)27(6)16-10-8-7-9-14-26(4,5)15-11-12-17-27/h7-22H2,1-6H3,(H,28,30). The lowest BCUT2D eigenvalue weighted by molar-refractivity contribution is -0.131. The van der Waals surface area contributed by atoms with Crippen molar-refractivity contribution in [2.24, 2.45) is 16.2 Å². The first-order valence-electron chi connectivity index (χ1n) is 12.9. The van der Waals surface area contributed by atoms with Gasteiger partial charge in [0, 0.05) is 23.8 Å². The lowest BCUT2D eigenvalue weighted by Crippen LogP contribution is -2.40. The van der Waals surface area contributed by atoms with Crippen molar-refractivity contribution in [3.63, 3.8) is 0 Å². The zero-order chi connectivity index (χ0) is 24.1. The summed E-state index contributed by atoms with van der Waals surface area (Å²) in [5.74, 6) is 0.388. The monoisotopic (exact) mass is 453 g/mol. The molecule has 0 radical (unpaired) electrons. The van der Waals surface area contributed by atoms with Gasteiger partial charge in [-0.1, -0.05) is 80.1 Å². The number of nitrogens with one attached hydrogen (secondary N) is 1. The summed E-state index contributed by atoms with van der Waals surface area (Å²) in [4.78, 5) is 24.8. The fourth-order valence-corrected chi connectivity index (χ4v) is 4.38. The number of hydrogen-bond acceptors (Lipinski definition) is 4. The summed E-state index contributed by atoms with van der Waals surface area (Å²) in [5.41, 5.74) is -0.147. The van der Waals surface area contributed by atoms with Crippen LogP contribution in [0.2, 0.25) is 0 Å². The Morgan fingerprint density at radius 1 is 0.750 bits per heavy atom. The van der Waals surface area contributed by atoms with Crippen LogP contribution in [0, 0.1) is 16.2 Å². The molecule has 1 aliphatic rings. The highest BCUT2D eigenvalue weighted by Gasteiger charge is 2.32. The molecule has 0 spiro atoms. The van der Waals surface area contributed by atoms with Crippen molar-refractivity contribution in [1.82, 2.24) is 5.32 Å². The van der Waals surface area contributed by atoms with Crippen LogP contribution in [0.25, 0.3) is 0 Å². The maximum Gasteiger partial charge on any atom is 0.226 e. The second-order valence-corrected chi connectivity index (χ2v) is 11.8. The van der Waals surface area contributed by atoms with Gasteiger partial charge in [0.2, 0.25) is 5.91 Å². The summed E-state index contributed by atoms with van der Waals surface area (Å²) >= 11 is 0. The average molecular weight is 454 g/mol. The minimum absolute atomic E-state index is 0.175. The number of carbonyl (C=O) groups is 2. The van der Waals surface area contributed by atoms with Crippen LogP contribution < -0.4 is 5.32 Å². The minimum atomic E-state index is -0.307. The maximum atomic E-state index is 13.0. The molecule has 0 aliphatic heterocycles.